The van der Waals surface area contributed by atoms with Crippen LogP contribution < -0.4 is 0 Å². The third-order valence-corrected chi connectivity index (χ3v) is 3.61. The molecule has 0 aromatic carbocycles. The van der Waals surface area contributed by atoms with E-state index in [9.17, 15) is 5.11 Å². The standard InChI is InChI=1S/C8H19NOSi/c1-6-9-8(7(2)10)11(3,4)5/h7,10H,6H2,1-5H3. The summed E-state index contributed by atoms with van der Waals surface area (Å²) >= 11 is 0. The second kappa shape index (κ2) is 4.02. The molecule has 0 bridgehead atoms. The van der Waals surface area contributed by atoms with Gasteiger partial charge in [0.1, 0.15) is 0 Å². The molecule has 0 aliphatic carbocycles. The summed E-state index contributed by atoms with van der Waals surface area (Å²) in [6.45, 7) is 11.2. The van der Waals surface area contributed by atoms with Gasteiger partial charge in [-0.2, -0.15) is 0 Å². The highest BCUT2D eigenvalue weighted by molar-refractivity contribution is 7.04. The molecule has 2 nitrogen and oxygen atoms in total. The fourth-order valence-electron chi connectivity index (χ4n) is 1.17. The number of rotatable bonds is 3. The van der Waals surface area contributed by atoms with Crippen LogP contribution >= 0.6 is 0 Å². The van der Waals surface area contributed by atoms with Gasteiger partial charge in [-0.1, -0.05) is 19.6 Å². The SMILES string of the molecule is CCN=C(C(C)O)[Si](C)(C)C. The quantitative estimate of drug-likeness (QED) is 0.511. The molecule has 0 saturated heterocycles. The molecule has 66 valence electrons. The first-order valence-corrected chi connectivity index (χ1v) is 7.62. The summed E-state index contributed by atoms with van der Waals surface area (Å²) in [6, 6.07) is 0. The van der Waals surface area contributed by atoms with Gasteiger partial charge in [0.15, 0.2) is 0 Å². The van der Waals surface area contributed by atoms with Crippen LogP contribution in [-0.2, 0) is 0 Å². The smallest absolute Gasteiger partial charge is 0.0987 e. The number of aliphatic imine (C=N–C) groups is 1. The molecule has 0 fully saturated rings. The molecule has 0 saturated carbocycles. The minimum Gasteiger partial charge on any atom is -0.388 e. The van der Waals surface area contributed by atoms with Crippen LogP contribution in [0.1, 0.15) is 13.8 Å². The highest BCUT2D eigenvalue weighted by Crippen LogP contribution is 2.07. The average molecular weight is 173 g/mol. The summed E-state index contributed by atoms with van der Waals surface area (Å²) in [6.07, 6.45) is -0.360. The summed E-state index contributed by atoms with van der Waals surface area (Å²) in [5.74, 6) is 0. The van der Waals surface area contributed by atoms with Crippen molar-refractivity contribution in [1.29, 1.82) is 0 Å². The van der Waals surface area contributed by atoms with E-state index in [-0.39, 0.29) is 6.10 Å². The summed E-state index contributed by atoms with van der Waals surface area (Å²) in [4.78, 5) is 4.32. The second-order valence-corrected chi connectivity index (χ2v) is 8.80. The van der Waals surface area contributed by atoms with Gasteiger partial charge in [-0.25, -0.2) is 0 Å². The van der Waals surface area contributed by atoms with E-state index in [2.05, 4.69) is 24.6 Å². The van der Waals surface area contributed by atoms with Crippen LogP contribution in [0, 0.1) is 0 Å². The van der Waals surface area contributed by atoms with Gasteiger partial charge in [-0.15, -0.1) is 0 Å². The van der Waals surface area contributed by atoms with Gasteiger partial charge in [0, 0.05) is 11.9 Å². The molecule has 0 aliphatic heterocycles. The summed E-state index contributed by atoms with van der Waals surface area (Å²) in [5.41, 5.74) is 0. The molecule has 0 spiro atoms. The van der Waals surface area contributed by atoms with Crippen LogP contribution in [0.5, 0.6) is 0 Å². The van der Waals surface area contributed by atoms with Gasteiger partial charge >= 0.3 is 0 Å². The second-order valence-electron chi connectivity index (χ2n) is 3.79. The van der Waals surface area contributed by atoms with E-state index < -0.39 is 8.07 Å². The summed E-state index contributed by atoms with van der Waals surface area (Å²) < 4.78 is 0. The zero-order chi connectivity index (χ0) is 9.07. The molecule has 0 aromatic rings. The number of hydrogen-bond acceptors (Lipinski definition) is 2. The van der Waals surface area contributed by atoms with Crippen molar-refractivity contribution in [2.24, 2.45) is 4.99 Å². The molecule has 0 aromatic heterocycles. The maximum atomic E-state index is 9.38. The number of aliphatic hydroxyl groups is 1. The maximum absolute atomic E-state index is 9.38. The fourth-order valence-corrected chi connectivity index (χ4v) is 3.05. The van der Waals surface area contributed by atoms with Crippen molar-refractivity contribution in [1.82, 2.24) is 0 Å². The van der Waals surface area contributed by atoms with Crippen LogP contribution in [0.4, 0.5) is 0 Å². The Labute approximate surface area is 70.4 Å². The minimum atomic E-state index is -1.37. The topological polar surface area (TPSA) is 32.6 Å². The zero-order valence-electron chi connectivity index (χ0n) is 8.18. The average Bonchev–Trinajstić information content (AvgIpc) is 1.79. The first-order chi connectivity index (χ1) is 4.89. The van der Waals surface area contributed by atoms with Gasteiger partial charge < -0.3 is 5.11 Å². The van der Waals surface area contributed by atoms with Crippen molar-refractivity contribution in [2.45, 2.75) is 39.6 Å². The molecule has 1 atom stereocenters. The van der Waals surface area contributed by atoms with Crippen LogP contribution in [-0.4, -0.2) is 31.2 Å². The van der Waals surface area contributed by atoms with Gasteiger partial charge in [0.25, 0.3) is 0 Å². The van der Waals surface area contributed by atoms with Crippen molar-refractivity contribution < 1.29 is 5.11 Å². The van der Waals surface area contributed by atoms with Crippen molar-refractivity contribution in [3.05, 3.63) is 0 Å². The van der Waals surface area contributed by atoms with E-state index in [1.165, 1.54) is 0 Å². The highest BCUT2D eigenvalue weighted by atomic mass is 28.3. The Kier molecular flexibility index (Phi) is 3.96. The highest BCUT2D eigenvalue weighted by Gasteiger charge is 2.24. The van der Waals surface area contributed by atoms with Crippen molar-refractivity contribution in [3.8, 4) is 0 Å². The summed E-state index contributed by atoms with van der Waals surface area (Å²) in [5, 5.41) is 10.4. The molecule has 1 unspecified atom stereocenters. The Morgan fingerprint density at radius 1 is 1.45 bits per heavy atom. The largest absolute Gasteiger partial charge is 0.388 e. The lowest BCUT2D eigenvalue weighted by atomic mass is 10.4. The third-order valence-electron chi connectivity index (χ3n) is 1.49. The van der Waals surface area contributed by atoms with Gasteiger partial charge in [-0.3, -0.25) is 4.99 Å². The Morgan fingerprint density at radius 3 is 2.00 bits per heavy atom. The lowest BCUT2D eigenvalue weighted by Crippen LogP contribution is -2.41. The number of hydrogen-bond donors (Lipinski definition) is 1. The van der Waals surface area contributed by atoms with E-state index in [4.69, 9.17) is 0 Å². The van der Waals surface area contributed by atoms with Gasteiger partial charge in [0.05, 0.1) is 14.2 Å². The minimum absolute atomic E-state index is 0.360. The molecule has 0 heterocycles. The normalized spacial score (nSPS) is 16.7. The van der Waals surface area contributed by atoms with Gasteiger partial charge in [0.2, 0.25) is 0 Å². The van der Waals surface area contributed by atoms with E-state index in [1.54, 1.807) is 6.92 Å². The number of nitrogens with zero attached hydrogens (tertiary/aromatic N) is 1. The molecule has 11 heavy (non-hydrogen) atoms. The Morgan fingerprint density at radius 2 is 1.91 bits per heavy atom. The summed E-state index contributed by atoms with van der Waals surface area (Å²) in [7, 11) is -1.37. The predicted octanol–water partition coefficient (Wildman–Crippen LogP) is 1.71. The maximum Gasteiger partial charge on any atom is 0.0987 e. The fraction of sp³-hybridized carbons (Fsp3) is 0.875. The predicted molar refractivity (Wildman–Crippen MR) is 53.0 cm³/mol. The molecule has 0 radical (unpaired) electrons. The van der Waals surface area contributed by atoms with E-state index in [0.29, 0.717) is 0 Å². The molecule has 0 aliphatic rings. The first-order valence-electron chi connectivity index (χ1n) is 4.12. The van der Waals surface area contributed by atoms with Crippen LogP contribution in [0.25, 0.3) is 0 Å². The van der Waals surface area contributed by atoms with Crippen molar-refractivity contribution in [3.63, 3.8) is 0 Å². The Hall–Kier alpha value is -0.153. The van der Waals surface area contributed by atoms with Crippen LogP contribution in [0.2, 0.25) is 19.6 Å². The van der Waals surface area contributed by atoms with E-state index in [1.807, 2.05) is 6.92 Å². The molecule has 0 rings (SSSR count). The van der Waals surface area contributed by atoms with Crippen molar-refractivity contribution in [2.75, 3.05) is 6.54 Å². The monoisotopic (exact) mass is 173 g/mol. The Balaban J connectivity index is 4.49. The van der Waals surface area contributed by atoms with E-state index in [0.717, 1.165) is 11.9 Å². The molecular weight excluding hydrogens is 154 g/mol. The molecule has 1 N–H and O–H groups in total. The van der Waals surface area contributed by atoms with E-state index >= 15 is 0 Å². The lowest BCUT2D eigenvalue weighted by Gasteiger charge is -2.21. The molecule has 3 heteroatoms. The lowest BCUT2D eigenvalue weighted by molar-refractivity contribution is 0.264. The molecule has 0 amide bonds. The first kappa shape index (κ1) is 10.8. The Bertz CT molecular complexity index is 147. The van der Waals surface area contributed by atoms with Crippen LogP contribution in [0.15, 0.2) is 4.99 Å². The van der Waals surface area contributed by atoms with Crippen molar-refractivity contribution >= 4 is 13.4 Å². The number of aliphatic hydroxyl groups excluding tert-OH is 1. The van der Waals surface area contributed by atoms with Gasteiger partial charge in [-0.05, 0) is 13.8 Å². The third kappa shape index (κ3) is 3.67. The van der Waals surface area contributed by atoms with Crippen LogP contribution in [0.3, 0.4) is 0 Å². The zero-order valence-corrected chi connectivity index (χ0v) is 9.18. The molecular formula is C8H19NOSi.